The van der Waals surface area contributed by atoms with Crippen LogP contribution in [-0.2, 0) is 17.6 Å². The molecule has 0 aliphatic heterocycles. The van der Waals surface area contributed by atoms with Crippen LogP contribution in [0, 0.1) is 17.0 Å². The number of anilines is 2. The molecule has 2 aromatic rings. The summed E-state index contributed by atoms with van der Waals surface area (Å²) in [5.41, 5.74) is 2.61. The zero-order valence-electron chi connectivity index (χ0n) is 16.4. The maximum absolute atomic E-state index is 12.6. The first kappa shape index (κ1) is 21.2. The van der Waals surface area contributed by atoms with Crippen molar-refractivity contribution < 1.29 is 14.5 Å². The lowest BCUT2D eigenvalue weighted by molar-refractivity contribution is -0.383. The largest absolute Gasteiger partial charge is 0.462 e. The molecule has 0 unspecified atom stereocenters. The number of fused-ring (bicyclic) bond motifs is 1. The van der Waals surface area contributed by atoms with Gasteiger partial charge in [-0.05, 0) is 68.9 Å². The monoisotopic (exact) mass is 433 g/mol. The van der Waals surface area contributed by atoms with E-state index < -0.39 is 4.92 Å². The number of carbonyl (C=O) groups is 1. The fraction of sp³-hybridized carbons (Fsp3) is 0.400. The maximum Gasteiger partial charge on any atom is 0.341 e. The third-order valence-electron chi connectivity index (χ3n) is 4.73. The average molecular weight is 434 g/mol. The number of benzene rings is 1. The highest BCUT2D eigenvalue weighted by Crippen LogP contribution is 2.38. The minimum atomic E-state index is -0.449. The second-order valence-electron chi connectivity index (χ2n) is 6.85. The number of nitro benzene ring substituents is 1. The number of rotatable bonds is 5. The molecular formula is C20H23N3O4S2. The fourth-order valence-electron chi connectivity index (χ4n) is 3.41. The Kier molecular flexibility index (Phi) is 6.81. The van der Waals surface area contributed by atoms with Gasteiger partial charge in [-0.2, -0.15) is 0 Å². The van der Waals surface area contributed by atoms with Gasteiger partial charge in [-0.3, -0.25) is 10.1 Å². The molecule has 1 aliphatic rings. The molecule has 0 atom stereocenters. The lowest BCUT2D eigenvalue weighted by Crippen LogP contribution is -2.21. The van der Waals surface area contributed by atoms with E-state index in [0.717, 1.165) is 43.2 Å². The first-order valence-electron chi connectivity index (χ1n) is 9.55. The third kappa shape index (κ3) is 4.91. The van der Waals surface area contributed by atoms with E-state index in [9.17, 15) is 14.9 Å². The summed E-state index contributed by atoms with van der Waals surface area (Å²) in [6.45, 7) is 3.86. The highest BCUT2D eigenvalue weighted by molar-refractivity contribution is 7.80. The minimum Gasteiger partial charge on any atom is -0.462 e. The van der Waals surface area contributed by atoms with Gasteiger partial charge in [0, 0.05) is 10.9 Å². The van der Waals surface area contributed by atoms with Crippen LogP contribution in [0.25, 0.3) is 0 Å². The summed E-state index contributed by atoms with van der Waals surface area (Å²) in [4.78, 5) is 24.7. The average Bonchev–Trinajstić information content (AvgIpc) is 2.83. The van der Waals surface area contributed by atoms with Gasteiger partial charge in [0.15, 0.2) is 5.11 Å². The van der Waals surface area contributed by atoms with Crippen molar-refractivity contribution >= 4 is 51.0 Å². The van der Waals surface area contributed by atoms with Crippen molar-refractivity contribution in [3.8, 4) is 0 Å². The summed E-state index contributed by atoms with van der Waals surface area (Å²) in [6, 6.07) is 4.88. The molecule has 7 nitrogen and oxygen atoms in total. The number of nitrogens with zero attached hydrogens (tertiary/aromatic N) is 1. The van der Waals surface area contributed by atoms with Crippen LogP contribution in [0.15, 0.2) is 18.2 Å². The standard InChI is InChI=1S/C20H23N3O4S2/c1-3-27-19(24)17-13-7-5-4-6-8-16(13)29-18(17)22-20(28)21-14-10-9-12(2)11-15(14)23(25)26/h9-11H,3-8H2,1-2H3,(H2,21,22,28). The van der Waals surface area contributed by atoms with Gasteiger partial charge in [-0.25, -0.2) is 4.79 Å². The normalized spacial score (nSPS) is 13.2. The van der Waals surface area contributed by atoms with Crippen LogP contribution in [0.2, 0.25) is 0 Å². The Hall–Kier alpha value is -2.52. The van der Waals surface area contributed by atoms with E-state index in [2.05, 4.69) is 10.6 Å². The summed E-state index contributed by atoms with van der Waals surface area (Å²) in [5.74, 6) is -0.362. The van der Waals surface area contributed by atoms with Gasteiger partial charge in [0.1, 0.15) is 10.7 Å². The highest BCUT2D eigenvalue weighted by atomic mass is 32.1. The number of thiocarbonyl (C=S) groups is 1. The van der Waals surface area contributed by atoms with Gasteiger partial charge < -0.3 is 15.4 Å². The smallest absolute Gasteiger partial charge is 0.341 e. The van der Waals surface area contributed by atoms with Gasteiger partial charge in [-0.15, -0.1) is 11.3 Å². The molecule has 3 rings (SSSR count). The molecular weight excluding hydrogens is 410 g/mol. The zero-order valence-corrected chi connectivity index (χ0v) is 18.0. The number of aryl methyl sites for hydroxylation is 2. The summed E-state index contributed by atoms with van der Waals surface area (Å²) in [7, 11) is 0. The van der Waals surface area contributed by atoms with Crippen molar-refractivity contribution in [2.45, 2.75) is 46.0 Å². The van der Waals surface area contributed by atoms with E-state index in [4.69, 9.17) is 17.0 Å². The van der Waals surface area contributed by atoms with E-state index in [1.807, 2.05) is 0 Å². The molecule has 0 saturated carbocycles. The SMILES string of the molecule is CCOC(=O)c1c(NC(=S)Nc2ccc(C)cc2[N+](=O)[O-])sc2c1CCCCC2. The van der Waals surface area contributed by atoms with Crippen molar-refractivity contribution in [3.63, 3.8) is 0 Å². The van der Waals surface area contributed by atoms with Crippen LogP contribution in [0.4, 0.5) is 16.4 Å². The third-order valence-corrected chi connectivity index (χ3v) is 6.14. The van der Waals surface area contributed by atoms with Crippen LogP contribution in [0.1, 0.15) is 52.5 Å². The van der Waals surface area contributed by atoms with Crippen molar-refractivity contribution in [2.24, 2.45) is 0 Å². The number of esters is 1. The van der Waals surface area contributed by atoms with Crippen LogP contribution in [-0.4, -0.2) is 22.6 Å². The Labute approximate surface area is 178 Å². The Balaban J connectivity index is 1.87. The predicted molar refractivity (Wildman–Crippen MR) is 119 cm³/mol. The number of nitro groups is 1. The Morgan fingerprint density at radius 3 is 2.76 bits per heavy atom. The molecule has 1 aromatic heterocycles. The molecule has 29 heavy (non-hydrogen) atoms. The lowest BCUT2D eigenvalue weighted by atomic mass is 10.1. The second kappa shape index (κ2) is 9.32. The van der Waals surface area contributed by atoms with Gasteiger partial charge in [0.05, 0.1) is 17.1 Å². The Morgan fingerprint density at radius 2 is 2.03 bits per heavy atom. The molecule has 1 heterocycles. The number of hydrogen-bond acceptors (Lipinski definition) is 6. The summed E-state index contributed by atoms with van der Waals surface area (Å²) < 4.78 is 5.27. The van der Waals surface area contributed by atoms with Crippen LogP contribution < -0.4 is 10.6 Å². The zero-order chi connectivity index (χ0) is 21.0. The molecule has 0 amide bonds. The van der Waals surface area contributed by atoms with E-state index in [-0.39, 0.29) is 16.8 Å². The second-order valence-corrected chi connectivity index (χ2v) is 8.36. The van der Waals surface area contributed by atoms with E-state index in [1.165, 1.54) is 22.3 Å². The van der Waals surface area contributed by atoms with Crippen molar-refractivity contribution in [1.82, 2.24) is 0 Å². The van der Waals surface area contributed by atoms with Crippen molar-refractivity contribution in [1.29, 1.82) is 0 Å². The van der Waals surface area contributed by atoms with E-state index >= 15 is 0 Å². The molecule has 1 aliphatic carbocycles. The van der Waals surface area contributed by atoms with E-state index in [0.29, 0.717) is 22.9 Å². The van der Waals surface area contributed by atoms with Gasteiger partial charge in [0.25, 0.3) is 5.69 Å². The van der Waals surface area contributed by atoms with Crippen LogP contribution >= 0.6 is 23.6 Å². The van der Waals surface area contributed by atoms with Gasteiger partial charge in [0.2, 0.25) is 0 Å². The summed E-state index contributed by atoms with van der Waals surface area (Å²) >= 11 is 6.89. The molecule has 0 bridgehead atoms. The quantitative estimate of drug-likeness (QED) is 0.219. The molecule has 2 N–H and O–H groups in total. The number of carbonyl (C=O) groups excluding carboxylic acids is 1. The first-order valence-corrected chi connectivity index (χ1v) is 10.8. The summed E-state index contributed by atoms with van der Waals surface area (Å²) in [5, 5.41) is 18.1. The van der Waals surface area contributed by atoms with Crippen molar-refractivity contribution in [2.75, 3.05) is 17.2 Å². The van der Waals surface area contributed by atoms with Gasteiger partial charge >= 0.3 is 5.97 Å². The molecule has 0 spiro atoms. The molecule has 154 valence electrons. The number of ether oxygens (including phenoxy) is 1. The molecule has 9 heteroatoms. The Morgan fingerprint density at radius 1 is 1.28 bits per heavy atom. The topological polar surface area (TPSA) is 93.5 Å². The molecule has 0 saturated heterocycles. The van der Waals surface area contributed by atoms with E-state index in [1.54, 1.807) is 26.0 Å². The number of thiophene rings is 1. The predicted octanol–water partition coefficient (Wildman–Crippen LogP) is 5.22. The van der Waals surface area contributed by atoms with Crippen molar-refractivity contribution in [3.05, 3.63) is 49.9 Å². The van der Waals surface area contributed by atoms with Crippen LogP contribution in [0.5, 0.6) is 0 Å². The van der Waals surface area contributed by atoms with Crippen LogP contribution in [0.3, 0.4) is 0 Å². The van der Waals surface area contributed by atoms with Gasteiger partial charge in [-0.1, -0.05) is 12.5 Å². The lowest BCUT2D eigenvalue weighted by Gasteiger charge is -2.12. The first-order chi connectivity index (χ1) is 13.9. The number of nitrogens with one attached hydrogen (secondary N) is 2. The molecule has 0 radical (unpaired) electrons. The maximum atomic E-state index is 12.6. The molecule has 0 fully saturated rings. The minimum absolute atomic E-state index is 0.0540. The molecule has 1 aromatic carbocycles. The summed E-state index contributed by atoms with van der Waals surface area (Å²) in [6.07, 6.45) is 5.04. The highest BCUT2D eigenvalue weighted by Gasteiger charge is 2.26. The fourth-order valence-corrected chi connectivity index (χ4v) is 4.96. The Bertz CT molecular complexity index is 955. The number of hydrogen-bond donors (Lipinski definition) is 2.